The SMILES string of the molecule is COCCNCc1ccc2c(c1)CCCC2NC(=O)CC1CCCCN1S(=O)(=O)c1cccc(C(F)(F)F)c1. The molecule has 1 aliphatic carbocycles. The van der Waals surface area contributed by atoms with Crippen LogP contribution in [0.1, 0.15) is 66.8 Å². The third kappa shape index (κ3) is 7.39. The van der Waals surface area contributed by atoms with E-state index in [0.29, 0.717) is 25.5 Å². The molecule has 2 atom stereocenters. The van der Waals surface area contributed by atoms with Gasteiger partial charge in [0.05, 0.1) is 23.1 Å². The van der Waals surface area contributed by atoms with Crippen LogP contribution in [0.5, 0.6) is 0 Å². The molecule has 0 spiro atoms. The molecule has 11 heteroatoms. The zero-order valence-corrected chi connectivity index (χ0v) is 22.9. The van der Waals surface area contributed by atoms with Gasteiger partial charge in [-0.05, 0) is 67.0 Å². The molecule has 214 valence electrons. The van der Waals surface area contributed by atoms with E-state index in [0.717, 1.165) is 62.0 Å². The molecule has 2 aromatic rings. The molecule has 0 radical (unpaired) electrons. The van der Waals surface area contributed by atoms with Crippen LogP contribution >= 0.6 is 0 Å². The largest absolute Gasteiger partial charge is 0.416 e. The van der Waals surface area contributed by atoms with E-state index in [9.17, 15) is 26.4 Å². The maximum absolute atomic E-state index is 13.4. The van der Waals surface area contributed by atoms with E-state index in [2.05, 4.69) is 22.8 Å². The van der Waals surface area contributed by atoms with Gasteiger partial charge in [-0.15, -0.1) is 0 Å². The Morgan fingerprint density at radius 2 is 1.92 bits per heavy atom. The number of piperidine rings is 1. The van der Waals surface area contributed by atoms with E-state index in [-0.39, 0.29) is 24.9 Å². The summed E-state index contributed by atoms with van der Waals surface area (Å²) in [6, 6.07) is 9.30. The van der Waals surface area contributed by atoms with Gasteiger partial charge in [0.15, 0.2) is 0 Å². The van der Waals surface area contributed by atoms with Gasteiger partial charge in [0, 0.05) is 39.2 Å². The first-order valence-electron chi connectivity index (χ1n) is 13.4. The summed E-state index contributed by atoms with van der Waals surface area (Å²) >= 11 is 0. The van der Waals surface area contributed by atoms with Gasteiger partial charge in [0.25, 0.3) is 0 Å². The number of nitrogens with one attached hydrogen (secondary N) is 2. The van der Waals surface area contributed by atoms with Crippen molar-refractivity contribution in [1.82, 2.24) is 14.9 Å². The molecule has 0 bridgehead atoms. The highest BCUT2D eigenvalue weighted by molar-refractivity contribution is 7.89. The maximum atomic E-state index is 13.4. The lowest BCUT2D eigenvalue weighted by Crippen LogP contribution is -2.46. The van der Waals surface area contributed by atoms with E-state index >= 15 is 0 Å². The van der Waals surface area contributed by atoms with Gasteiger partial charge in [0.1, 0.15) is 0 Å². The van der Waals surface area contributed by atoms with E-state index in [1.54, 1.807) is 7.11 Å². The molecule has 4 rings (SSSR count). The average Bonchev–Trinajstić information content (AvgIpc) is 2.91. The molecular weight excluding hydrogens is 531 g/mol. The molecule has 1 fully saturated rings. The van der Waals surface area contributed by atoms with Crippen LogP contribution in [0.25, 0.3) is 0 Å². The van der Waals surface area contributed by atoms with Gasteiger partial charge in [-0.3, -0.25) is 4.79 Å². The van der Waals surface area contributed by atoms with Crippen molar-refractivity contribution in [1.29, 1.82) is 0 Å². The third-order valence-corrected chi connectivity index (χ3v) is 9.38. The molecule has 1 aliphatic heterocycles. The lowest BCUT2D eigenvalue weighted by Gasteiger charge is -2.35. The molecule has 1 amide bonds. The standard InChI is InChI=1S/C28H36F3N3O4S/c1-38-15-13-32-19-20-11-12-25-21(16-20)6-4-10-26(25)33-27(35)18-23-8-2-3-14-34(23)39(36,37)24-9-5-7-22(17-24)28(29,30)31/h5,7,9,11-12,16-17,23,26,32H,2-4,6,8,10,13-15,18-19H2,1H3,(H,33,35). The van der Waals surface area contributed by atoms with E-state index in [4.69, 9.17) is 4.74 Å². The molecule has 1 heterocycles. The Bertz CT molecular complexity index is 1250. The predicted octanol–water partition coefficient (Wildman–Crippen LogP) is 4.57. The zero-order chi connectivity index (χ0) is 28.0. The fourth-order valence-electron chi connectivity index (χ4n) is 5.46. The van der Waals surface area contributed by atoms with E-state index in [1.807, 2.05) is 6.07 Å². The Hall–Kier alpha value is -2.47. The minimum atomic E-state index is -4.65. The number of amides is 1. The molecular formula is C28H36F3N3O4S. The highest BCUT2D eigenvalue weighted by Crippen LogP contribution is 2.34. The number of sulfonamides is 1. The van der Waals surface area contributed by atoms with Gasteiger partial charge < -0.3 is 15.4 Å². The molecule has 2 N–H and O–H groups in total. The summed E-state index contributed by atoms with van der Waals surface area (Å²) in [5.74, 6) is -0.255. The monoisotopic (exact) mass is 567 g/mol. The number of carbonyl (C=O) groups excluding carboxylic acids is 1. The molecule has 2 aromatic carbocycles. The lowest BCUT2D eigenvalue weighted by atomic mass is 9.86. The van der Waals surface area contributed by atoms with Crippen LogP contribution in [0.4, 0.5) is 13.2 Å². The summed E-state index contributed by atoms with van der Waals surface area (Å²) in [4.78, 5) is 12.7. The number of fused-ring (bicyclic) bond motifs is 1. The summed E-state index contributed by atoms with van der Waals surface area (Å²) in [5.41, 5.74) is 2.42. The highest BCUT2D eigenvalue weighted by atomic mass is 32.2. The van der Waals surface area contributed by atoms with Gasteiger partial charge in [-0.1, -0.05) is 30.7 Å². The van der Waals surface area contributed by atoms with E-state index in [1.165, 1.54) is 15.9 Å². The first-order chi connectivity index (χ1) is 18.6. The number of halogens is 3. The average molecular weight is 568 g/mol. The number of carbonyl (C=O) groups is 1. The van der Waals surface area contributed by atoms with Crippen LogP contribution in [0, 0.1) is 0 Å². The van der Waals surface area contributed by atoms with Crippen LogP contribution in [-0.4, -0.2) is 51.5 Å². The molecule has 2 aliphatic rings. The fraction of sp³-hybridized carbons (Fsp3) is 0.536. The first-order valence-corrected chi connectivity index (χ1v) is 14.8. The third-order valence-electron chi connectivity index (χ3n) is 7.43. The number of benzene rings is 2. The zero-order valence-electron chi connectivity index (χ0n) is 22.1. The second-order valence-corrected chi connectivity index (χ2v) is 12.1. The van der Waals surface area contributed by atoms with Crippen molar-refractivity contribution < 1.29 is 31.1 Å². The minimum absolute atomic E-state index is 0.0362. The van der Waals surface area contributed by atoms with Gasteiger partial charge in [-0.25, -0.2) is 8.42 Å². The molecule has 39 heavy (non-hydrogen) atoms. The van der Waals surface area contributed by atoms with Crippen molar-refractivity contribution in [2.24, 2.45) is 0 Å². The number of aryl methyl sites for hydroxylation is 1. The number of hydrogen-bond acceptors (Lipinski definition) is 5. The van der Waals surface area contributed by atoms with Crippen LogP contribution in [0.2, 0.25) is 0 Å². The number of hydrogen-bond donors (Lipinski definition) is 2. The summed E-state index contributed by atoms with van der Waals surface area (Å²) in [5, 5.41) is 6.43. The van der Waals surface area contributed by atoms with Crippen molar-refractivity contribution in [2.75, 3.05) is 26.8 Å². The smallest absolute Gasteiger partial charge is 0.383 e. The Labute approximate surface area is 228 Å². The van der Waals surface area contributed by atoms with Crippen molar-refractivity contribution in [3.8, 4) is 0 Å². The summed E-state index contributed by atoms with van der Waals surface area (Å²) < 4.78 is 72.6. The van der Waals surface area contributed by atoms with Crippen molar-refractivity contribution in [3.63, 3.8) is 0 Å². The van der Waals surface area contributed by atoms with Gasteiger partial charge >= 0.3 is 6.18 Å². The number of alkyl halides is 3. The molecule has 2 unspecified atom stereocenters. The molecule has 7 nitrogen and oxygen atoms in total. The summed E-state index contributed by atoms with van der Waals surface area (Å²) in [6.45, 7) is 2.29. The van der Waals surface area contributed by atoms with Crippen LogP contribution in [0.3, 0.4) is 0 Å². The fourth-order valence-corrected chi connectivity index (χ4v) is 7.20. The predicted molar refractivity (Wildman–Crippen MR) is 141 cm³/mol. The Balaban J connectivity index is 1.43. The Kier molecular flexibility index (Phi) is 9.69. The first kappa shape index (κ1) is 29.5. The Morgan fingerprint density at radius 1 is 1.10 bits per heavy atom. The maximum Gasteiger partial charge on any atom is 0.416 e. The van der Waals surface area contributed by atoms with Crippen LogP contribution < -0.4 is 10.6 Å². The Morgan fingerprint density at radius 3 is 2.69 bits per heavy atom. The topological polar surface area (TPSA) is 87.7 Å². The lowest BCUT2D eigenvalue weighted by molar-refractivity contribution is -0.137. The minimum Gasteiger partial charge on any atom is -0.383 e. The van der Waals surface area contributed by atoms with E-state index < -0.39 is 32.7 Å². The number of rotatable bonds is 10. The second kappa shape index (κ2) is 12.8. The van der Waals surface area contributed by atoms with Crippen molar-refractivity contribution in [2.45, 2.75) is 74.6 Å². The van der Waals surface area contributed by atoms with Gasteiger partial charge in [0.2, 0.25) is 15.9 Å². The highest BCUT2D eigenvalue weighted by Gasteiger charge is 2.37. The second-order valence-electron chi connectivity index (χ2n) is 10.2. The number of methoxy groups -OCH3 is 1. The normalized spacial score (nSPS) is 20.4. The van der Waals surface area contributed by atoms with Crippen molar-refractivity contribution >= 4 is 15.9 Å². The number of ether oxygens (including phenoxy) is 1. The van der Waals surface area contributed by atoms with Crippen LogP contribution in [0.15, 0.2) is 47.4 Å². The molecule has 1 saturated heterocycles. The van der Waals surface area contributed by atoms with Gasteiger partial charge in [-0.2, -0.15) is 17.5 Å². The number of nitrogens with zero attached hydrogens (tertiary/aromatic N) is 1. The van der Waals surface area contributed by atoms with Crippen molar-refractivity contribution in [3.05, 3.63) is 64.7 Å². The molecule has 0 aromatic heterocycles. The summed E-state index contributed by atoms with van der Waals surface area (Å²) in [7, 11) is -2.54. The molecule has 0 saturated carbocycles. The van der Waals surface area contributed by atoms with Crippen LogP contribution in [-0.2, 0) is 38.7 Å². The quantitative estimate of drug-likeness (QED) is 0.411. The summed E-state index contributed by atoms with van der Waals surface area (Å²) in [6.07, 6.45) is -0.213.